The number of para-hydroxylation sites is 1. The van der Waals surface area contributed by atoms with Gasteiger partial charge in [0, 0.05) is 11.8 Å². The molecule has 0 bridgehead atoms. The number of rotatable bonds is 2. The third kappa shape index (κ3) is 2.72. The zero-order valence-corrected chi connectivity index (χ0v) is 10.0. The quantitative estimate of drug-likeness (QED) is 0.775. The van der Waals surface area contributed by atoms with Crippen LogP contribution >= 0.6 is 0 Å². The molecule has 17 heavy (non-hydrogen) atoms. The maximum Gasteiger partial charge on any atom is 0.127 e. The van der Waals surface area contributed by atoms with Gasteiger partial charge >= 0.3 is 0 Å². The smallest absolute Gasteiger partial charge is 0.127 e. The van der Waals surface area contributed by atoms with Gasteiger partial charge in [-0.05, 0) is 37.6 Å². The van der Waals surface area contributed by atoms with E-state index in [1.54, 1.807) is 6.21 Å². The number of nitrogens with zero attached hydrogens (tertiary/aromatic N) is 1. The number of aryl methyl sites for hydroxylation is 2. The van der Waals surface area contributed by atoms with E-state index in [0.29, 0.717) is 5.75 Å². The zero-order valence-electron chi connectivity index (χ0n) is 10.0. The van der Waals surface area contributed by atoms with E-state index < -0.39 is 0 Å². The second-order valence-corrected chi connectivity index (χ2v) is 4.11. The minimum atomic E-state index is 0.295. The van der Waals surface area contributed by atoms with Crippen molar-refractivity contribution in [1.82, 2.24) is 0 Å². The first kappa shape index (κ1) is 11.4. The molecule has 0 spiro atoms. The third-order valence-corrected chi connectivity index (χ3v) is 2.66. The molecule has 0 amide bonds. The van der Waals surface area contributed by atoms with Gasteiger partial charge in [0.1, 0.15) is 5.75 Å². The van der Waals surface area contributed by atoms with Crippen LogP contribution in [-0.4, -0.2) is 11.3 Å². The second-order valence-electron chi connectivity index (χ2n) is 4.11. The zero-order chi connectivity index (χ0) is 12.3. The minimum Gasteiger partial charge on any atom is -0.507 e. The molecule has 0 radical (unpaired) electrons. The average Bonchev–Trinajstić information content (AvgIpc) is 2.33. The summed E-state index contributed by atoms with van der Waals surface area (Å²) in [6.45, 7) is 3.92. The Kier molecular flexibility index (Phi) is 3.24. The number of aromatic hydroxyl groups is 1. The number of hydrogen-bond donors (Lipinski definition) is 1. The van der Waals surface area contributed by atoms with Gasteiger partial charge < -0.3 is 5.11 Å². The molecule has 1 N–H and O–H groups in total. The van der Waals surface area contributed by atoms with E-state index in [9.17, 15) is 5.11 Å². The predicted octanol–water partition coefficient (Wildman–Crippen LogP) is 3.76. The van der Waals surface area contributed by atoms with Crippen LogP contribution in [0.3, 0.4) is 0 Å². The highest BCUT2D eigenvalue weighted by Crippen LogP contribution is 2.20. The molecule has 0 fully saturated rings. The molecular formula is C15H15NO. The molecule has 0 aromatic heterocycles. The van der Waals surface area contributed by atoms with Crippen molar-refractivity contribution >= 4 is 11.9 Å². The Labute approximate surface area is 101 Å². The lowest BCUT2D eigenvalue weighted by atomic mass is 10.1. The Balaban J connectivity index is 2.26. The minimum absolute atomic E-state index is 0.295. The number of benzene rings is 2. The van der Waals surface area contributed by atoms with Gasteiger partial charge in [-0.2, -0.15) is 0 Å². The van der Waals surface area contributed by atoms with E-state index >= 15 is 0 Å². The fraction of sp³-hybridized carbons (Fsp3) is 0.133. The van der Waals surface area contributed by atoms with Gasteiger partial charge in [-0.3, -0.25) is 4.99 Å². The molecule has 0 saturated heterocycles. The molecule has 2 aromatic carbocycles. The summed E-state index contributed by atoms with van der Waals surface area (Å²) in [6.07, 6.45) is 1.69. The first-order chi connectivity index (χ1) is 8.16. The monoisotopic (exact) mass is 225 g/mol. The molecule has 2 heteroatoms. The maximum atomic E-state index is 9.83. The van der Waals surface area contributed by atoms with Crippen LogP contribution < -0.4 is 0 Å². The highest BCUT2D eigenvalue weighted by molar-refractivity contribution is 5.85. The van der Waals surface area contributed by atoms with Crippen molar-refractivity contribution in [3.05, 3.63) is 59.2 Å². The average molecular weight is 225 g/mol. The fourth-order valence-corrected chi connectivity index (χ4v) is 1.56. The first-order valence-corrected chi connectivity index (χ1v) is 5.56. The normalized spacial score (nSPS) is 10.9. The van der Waals surface area contributed by atoms with Crippen LogP contribution in [0.25, 0.3) is 0 Å². The summed E-state index contributed by atoms with van der Waals surface area (Å²) in [7, 11) is 0. The summed E-state index contributed by atoms with van der Waals surface area (Å²) >= 11 is 0. The van der Waals surface area contributed by atoms with E-state index in [-0.39, 0.29) is 0 Å². The number of aliphatic imine (C=N–C) groups is 1. The van der Waals surface area contributed by atoms with Crippen LogP contribution in [0, 0.1) is 13.8 Å². The molecule has 0 aliphatic rings. The van der Waals surface area contributed by atoms with E-state index in [4.69, 9.17) is 0 Å². The molecule has 2 nitrogen and oxygen atoms in total. The Bertz CT molecular complexity index is 541. The summed E-state index contributed by atoms with van der Waals surface area (Å²) in [6, 6.07) is 13.6. The van der Waals surface area contributed by atoms with Crippen LogP contribution in [0.4, 0.5) is 5.69 Å². The number of phenolic OH excluding ortho intramolecular Hbond substituents is 1. The Morgan fingerprint density at radius 2 is 1.71 bits per heavy atom. The first-order valence-electron chi connectivity index (χ1n) is 5.56. The topological polar surface area (TPSA) is 32.6 Å². The highest BCUT2D eigenvalue weighted by atomic mass is 16.3. The molecule has 0 saturated carbocycles. The SMILES string of the molecule is Cc1ccc(/N=C/c2cccc(C)c2O)cc1. The third-order valence-electron chi connectivity index (χ3n) is 2.66. The molecule has 0 aliphatic heterocycles. The highest BCUT2D eigenvalue weighted by Gasteiger charge is 2.00. The van der Waals surface area contributed by atoms with Gasteiger partial charge in [-0.15, -0.1) is 0 Å². The summed E-state index contributed by atoms with van der Waals surface area (Å²) in [5, 5.41) is 9.83. The van der Waals surface area contributed by atoms with Crippen LogP contribution in [0.15, 0.2) is 47.5 Å². The van der Waals surface area contributed by atoms with Crippen molar-refractivity contribution in [3.63, 3.8) is 0 Å². The molecular weight excluding hydrogens is 210 g/mol. The maximum absolute atomic E-state index is 9.83. The van der Waals surface area contributed by atoms with Gasteiger partial charge in [0.05, 0.1) is 5.69 Å². The lowest BCUT2D eigenvalue weighted by Gasteiger charge is -2.01. The number of phenols is 1. The van der Waals surface area contributed by atoms with Crippen molar-refractivity contribution in [1.29, 1.82) is 0 Å². The van der Waals surface area contributed by atoms with E-state index in [0.717, 1.165) is 16.8 Å². The predicted molar refractivity (Wildman–Crippen MR) is 71.3 cm³/mol. The van der Waals surface area contributed by atoms with Gasteiger partial charge in [0.2, 0.25) is 0 Å². The van der Waals surface area contributed by atoms with Crippen LogP contribution in [0.2, 0.25) is 0 Å². The van der Waals surface area contributed by atoms with Crippen molar-refractivity contribution in [3.8, 4) is 5.75 Å². The van der Waals surface area contributed by atoms with E-state index in [2.05, 4.69) is 4.99 Å². The van der Waals surface area contributed by atoms with Gasteiger partial charge in [0.25, 0.3) is 0 Å². The van der Waals surface area contributed by atoms with Crippen LogP contribution in [-0.2, 0) is 0 Å². The van der Waals surface area contributed by atoms with E-state index in [1.807, 2.05) is 56.3 Å². The standard InChI is InChI=1S/C15H15NO/c1-11-6-8-14(9-7-11)16-10-13-5-3-4-12(2)15(13)17/h3-10,17H,1-2H3/b16-10+. The summed E-state index contributed by atoms with van der Waals surface area (Å²) in [4.78, 5) is 4.33. The summed E-state index contributed by atoms with van der Waals surface area (Å²) < 4.78 is 0. The summed E-state index contributed by atoms with van der Waals surface area (Å²) in [5.41, 5.74) is 3.70. The lowest BCUT2D eigenvalue weighted by Crippen LogP contribution is -1.84. The van der Waals surface area contributed by atoms with Crippen molar-refractivity contribution < 1.29 is 5.11 Å². The Hall–Kier alpha value is -2.09. The molecule has 2 rings (SSSR count). The molecule has 2 aromatic rings. The second kappa shape index (κ2) is 4.83. The molecule has 86 valence electrons. The van der Waals surface area contributed by atoms with Crippen LogP contribution in [0.1, 0.15) is 16.7 Å². The van der Waals surface area contributed by atoms with Gasteiger partial charge in [-0.1, -0.05) is 29.8 Å². The Morgan fingerprint density at radius 3 is 2.41 bits per heavy atom. The van der Waals surface area contributed by atoms with Gasteiger partial charge in [-0.25, -0.2) is 0 Å². The van der Waals surface area contributed by atoms with Crippen molar-refractivity contribution in [2.24, 2.45) is 4.99 Å². The fourth-order valence-electron chi connectivity index (χ4n) is 1.56. The lowest BCUT2D eigenvalue weighted by molar-refractivity contribution is 0.470. The van der Waals surface area contributed by atoms with Gasteiger partial charge in [0.15, 0.2) is 0 Å². The molecule has 0 unspecified atom stereocenters. The number of hydrogen-bond acceptors (Lipinski definition) is 2. The van der Waals surface area contributed by atoms with Crippen molar-refractivity contribution in [2.45, 2.75) is 13.8 Å². The Morgan fingerprint density at radius 1 is 1.00 bits per heavy atom. The van der Waals surface area contributed by atoms with Crippen molar-refractivity contribution in [2.75, 3.05) is 0 Å². The molecule has 0 atom stereocenters. The van der Waals surface area contributed by atoms with E-state index in [1.165, 1.54) is 5.56 Å². The largest absolute Gasteiger partial charge is 0.507 e. The molecule has 0 heterocycles. The summed E-state index contributed by atoms with van der Waals surface area (Å²) in [5.74, 6) is 0.295. The van der Waals surface area contributed by atoms with Crippen LogP contribution in [0.5, 0.6) is 5.75 Å². The molecule has 0 aliphatic carbocycles.